The van der Waals surface area contributed by atoms with Crippen molar-refractivity contribution in [3.8, 4) is 55.6 Å². The topological polar surface area (TPSA) is 3.24 Å². The summed E-state index contributed by atoms with van der Waals surface area (Å²) in [5.41, 5.74) is 18.1. The van der Waals surface area contributed by atoms with Gasteiger partial charge in [0.15, 0.2) is 0 Å². The first-order chi connectivity index (χ1) is 29.5. The SMILES string of the molecule is CC1(C)c2ccccc2-c2ccc(N(c3ccc(-c4cc5ccccc5c5ccccc45)cc3)c3cccc(-c4ccccc4)c3-c3ccccc3-c3ccccc3)cc21. The summed E-state index contributed by atoms with van der Waals surface area (Å²) in [6, 6.07) is 82.5. The van der Waals surface area contributed by atoms with Gasteiger partial charge in [-0.3, -0.25) is 0 Å². The standard InChI is InChI=1S/C59H43N/c1-59(2)55-30-16-15-27-51(55)52-37-36-45(39-56(52)59)60(44-34-32-42(33-35-44)54-38-43-22-9-10-24-47(43)49-25-12-13-26-50(49)54)57-31-17-29-48(41-20-7-4-8-21-41)58(57)53-28-14-11-23-46(53)40-18-5-3-6-19-40/h3-39H,1-2H3. The van der Waals surface area contributed by atoms with Crippen molar-refractivity contribution in [2.45, 2.75) is 19.3 Å². The first kappa shape index (κ1) is 35.7. The van der Waals surface area contributed by atoms with E-state index < -0.39 is 0 Å². The maximum atomic E-state index is 2.49. The predicted molar refractivity (Wildman–Crippen MR) is 255 cm³/mol. The van der Waals surface area contributed by atoms with Gasteiger partial charge < -0.3 is 4.90 Å². The van der Waals surface area contributed by atoms with Crippen LogP contribution in [0.2, 0.25) is 0 Å². The Balaban J connectivity index is 1.16. The maximum absolute atomic E-state index is 2.49. The molecule has 0 atom stereocenters. The van der Waals surface area contributed by atoms with Crippen molar-refractivity contribution >= 4 is 38.6 Å². The number of benzene rings is 10. The van der Waals surface area contributed by atoms with Crippen molar-refractivity contribution in [1.82, 2.24) is 0 Å². The van der Waals surface area contributed by atoms with Gasteiger partial charge in [0.25, 0.3) is 0 Å². The van der Waals surface area contributed by atoms with Gasteiger partial charge in [-0.1, -0.05) is 202 Å². The summed E-state index contributed by atoms with van der Waals surface area (Å²) in [4.78, 5) is 2.49. The molecule has 1 aliphatic carbocycles. The largest absolute Gasteiger partial charge is 0.310 e. The minimum atomic E-state index is -0.150. The number of anilines is 3. The van der Waals surface area contributed by atoms with E-state index in [4.69, 9.17) is 0 Å². The van der Waals surface area contributed by atoms with E-state index in [0.29, 0.717) is 0 Å². The van der Waals surface area contributed by atoms with E-state index in [0.717, 1.165) is 17.1 Å². The zero-order valence-electron chi connectivity index (χ0n) is 33.8. The highest BCUT2D eigenvalue weighted by atomic mass is 15.1. The van der Waals surface area contributed by atoms with E-state index >= 15 is 0 Å². The fourth-order valence-corrected chi connectivity index (χ4v) is 9.78. The quantitative estimate of drug-likeness (QED) is 0.146. The van der Waals surface area contributed by atoms with Gasteiger partial charge in [0.2, 0.25) is 0 Å². The Labute approximate surface area is 352 Å². The Hall–Kier alpha value is -7.48. The second-order valence-corrected chi connectivity index (χ2v) is 16.5. The number of hydrogen-bond acceptors (Lipinski definition) is 1. The molecule has 60 heavy (non-hydrogen) atoms. The highest BCUT2D eigenvalue weighted by molar-refractivity contribution is 6.14. The van der Waals surface area contributed by atoms with Gasteiger partial charge in [0.05, 0.1) is 5.69 Å². The van der Waals surface area contributed by atoms with Crippen LogP contribution in [-0.4, -0.2) is 0 Å². The van der Waals surface area contributed by atoms with E-state index in [1.54, 1.807) is 0 Å². The molecule has 0 N–H and O–H groups in total. The molecule has 10 aromatic rings. The summed E-state index contributed by atoms with van der Waals surface area (Å²) >= 11 is 0. The van der Waals surface area contributed by atoms with E-state index in [1.807, 2.05) is 0 Å². The summed E-state index contributed by atoms with van der Waals surface area (Å²) in [6.07, 6.45) is 0. The maximum Gasteiger partial charge on any atom is 0.0546 e. The van der Waals surface area contributed by atoms with E-state index in [-0.39, 0.29) is 5.41 Å². The molecule has 1 heteroatoms. The lowest BCUT2D eigenvalue weighted by molar-refractivity contribution is 0.660. The molecule has 0 radical (unpaired) electrons. The minimum absolute atomic E-state index is 0.150. The Morgan fingerprint density at radius 3 is 1.60 bits per heavy atom. The van der Waals surface area contributed by atoms with Crippen LogP contribution >= 0.6 is 0 Å². The molecule has 1 nitrogen and oxygen atoms in total. The Kier molecular flexibility index (Phi) is 8.57. The zero-order valence-corrected chi connectivity index (χ0v) is 33.8. The van der Waals surface area contributed by atoms with Crippen LogP contribution in [0, 0.1) is 0 Å². The molecule has 11 rings (SSSR count). The molecule has 0 heterocycles. The van der Waals surface area contributed by atoms with E-state index in [9.17, 15) is 0 Å². The third-order valence-electron chi connectivity index (χ3n) is 12.7. The van der Waals surface area contributed by atoms with E-state index in [2.05, 4.69) is 243 Å². The summed E-state index contributed by atoms with van der Waals surface area (Å²) in [7, 11) is 0. The molecular formula is C59H43N. The summed E-state index contributed by atoms with van der Waals surface area (Å²) in [5.74, 6) is 0. The molecule has 0 unspecified atom stereocenters. The zero-order chi connectivity index (χ0) is 40.2. The molecule has 0 bridgehead atoms. The fourth-order valence-electron chi connectivity index (χ4n) is 9.78. The first-order valence-electron chi connectivity index (χ1n) is 20.9. The minimum Gasteiger partial charge on any atom is -0.310 e. The second-order valence-electron chi connectivity index (χ2n) is 16.5. The Morgan fingerprint density at radius 1 is 0.317 bits per heavy atom. The number of rotatable bonds is 7. The van der Waals surface area contributed by atoms with Gasteiger partial charge in [-0.25, -0.2) is 0 Å². The molecular weight excluding hydrogens is 723 g/mol. The third kappa shape index (κ3) is 5.85. The molecule has 0 aliphatic heterocycles. The van der Waals surface area contributed by atoms with Crippen LogP contribution in [0.4, 0.5) is 17.1 Å². The average Bonchev–Trinajstić information content (AvgIpc) is 3.54. The Bertz CT molecular complexity index is 3210. The number of fused-ring (bicyclic) bond motifs is 6. The van der Waals surface area contributed by atoms with Crippen LogP contribution in [0.3, 0.4) is 0 Å². The summed E-state index contributed by atoms with van der Waals surface area (Å²) in [6.45, 7) is 4.73. The third-order valence-corrected chi connectivity index (χ3v) is 12.7. The van der Waals surface area contributed by atoms with Crippen molar-refractivity contribution < 1.29 is 0 Å². The molecule has 0 fully saturated rings. The molecule has 1 aliphatic rings. The summed E-state index contributed by atoms with van der Waals surface area (Å²) < 4.78 is 0. The van der Waals surface area contributed by atoms with Gasteiger partial charge in [-0.2, -0.15) is 0 Å². The highest BCUT2D eigenvalue weighted by Crippen LogP contribution is 2.53. The van der Waals surface area contributed by atoms with Crippen molar-refractivity contribution in [2.75, 3.05) is 4.90 Å². The van der Waals surface area contributed by atoms with Gasteiger partial charge >= 0.3 is 0 Å². The monoisotopic (exact) mass is 765 g/mol. The van der Waals surface area contributed by atoms with Crippen LogP contribution in [0.1, 0.15) is 25.0 Å². The van der Waals surface area contributed by atoms with Crippen LogP contribution in [0.5, 0.6) is 0 Å². The van der Waals surface area contributed by atoms with Gasteiger partial charge in [-0.05, 0) is 119 Å². The number of hydrogen-bond donors (Lipinski definition) is 0. The van der Waals surface area contributed by atoms with Gasteiger partial charge in [0, 0.05) is 22.4 Å². The molecule has 0 amide bonds. The van der Waals surface area contributed by atoms with Crippen molar-refractivity contribution in [1.29, 1.82) is 0 Å². The second kappa shape index (κ2) is 14.4. The van der Waals surface area contributed by atoms with Crippen molar-refractivity contribution in [3.05, 3.63) is 236 Å². The van der Waals surface area contributed by atoms with E-state index in [1.165, 1.54) is 88.3 Å². The predicted octanol–water partition coefficient (Wildman–Crippen LogP) is 16.4. The first-order valence-corrected chi connectivity index (χ1v) is 20.9. The lowest BCUT2D eigenvalue weighted by Gasteiger charge is -2.31. The van der Waals surface area contributed by atoms with Crippen molar-refractivity contribution in [2.24, 2.45) is 0 Å². The fraction of sp³-hybridized carbons (Fsp3) is 0.0508. The summed E-state index contributed by atoms with van der Waals surface area (Å²) in [5, 5.41) is 5.06. The molecule has 10 aromatic carbocycles. The van der Waals surface area contributed by atoms with Crippen LogP contribution in [0.25, 0.3) is 77.2 Å². The average molecular weight is 766 g/mol. The lowest BCUT2D eigenvalue weighted by atomic mass is 9.82. The normalized spacial score (nSPS) is 12.6. The number of nitrogens with zero attached hydrogens (tertiary/aromatic N) is 1. The smallest absolute Gasteiger partial charge is 0.0546 e. The highest BCUT2D eigenvalue weighted by Gasteiger charge is 2.36. The molecule has 0 saturated heterocycles. The lowest BCUT2D eigenvalue weighted by Crippen LogP contribution is -2.17. The van der Waals surface area contributed by atoms with Crippen LogP contribution in [0.15, 0.2) is 224 Å². The molecule has 284 valence electrons. The van der Waals surface area contributed by atoms with Crippen molar-refractivity contribution in [3.63, 3.8) is 0 Å². The van der Waals surface area contributed by atoms with Crippen LogP contribution < -0.4 is 4.90 Å². The molecule has 0 spiro atoms. The Morgan fingerprint density at radius 2 is 0.850 bits per heavy atom. The van der Waals surface area contributed by atoms with Crippen LogP contribution in [-0.2, 0) is 5.41 Å². The van der Waals surface area contributed by atoms with Gasteiger partial charge in [-0.15, -0.1) is 0 Å². The van der Waals surface area contributed by atoms with Gasteiger partial charge in [0.1, 0.15) is 0 Å². The molecule has 0 aromatic heterocycles. The molecule has 0 saturated carbocycles.